The van der Waals surface area contributed by atoms with Crippen LogP contribution in [0.15, 0.2) is 16.6 Å². The number of carbonyl (C=O) groups is 1. The molecule has 0 saturated heterocycles. The molecule has 0 saturated carbocycles. The van der Waals surface area contributed by atoms with E-state index in [-0.39, 0.29) is 11.7 Å². The van der Waals surface area contributed by atoms with Gasteiger partial charge >= 0.3 is 0 Å². The molecule has 0 fully saturated rings. The van der Waals surface area contributed by atoms with Crippen molar-refractivity contribution in [3.05, 3.63) is 33.3 Å². The van der Waals surface area contributed by atoms with Gasteiger partial charge in [0.1, 0.15) is 0 Å². The first-order valence-corrected chi connectivity index (χ1v) is 5.25. The maximum atomic E-state index is 11.3. The minimum Gasteiger partial charge on any atom is -0.293 e. The lowest BCUT2D eigenvalue weighted by atomic mass is 10.0. The maximum Gasteiger partial charge on any atom is 0.177 e. The SMILES string of the molecule is Cc1ccc(C(=O)CCl)c(C)c1Br. The zero-order valence-electron chi connectivity index (χ0n) is 7.53. The number of rotatable bonds is 2. The van der Waals surface area contributed by atoms with Crippen LogP contribution in [0.25, 0.3) is 0 Å². The molecule has 0 atom stereocenters. The molecule has 0 aromatic heterocycles. The zero-order chi connectivity index (χ0) is 10.0. The molecule has 0 amide bonds. The Kier molecular flexibility index (Phi) is 3.51. The summed E-state index contributed by atoms with van der Waals surface area (Å²) in [5, 5.41) is 0. The summed E-state index contributed by atoms with van der Waals surface area (Å²) in [6, 6.07) is 3.73. The number of Topliss-reactive ketones (excluding diaryl/α,β-unsaturated/α-hetero) is 1. The van der Waals surface area contributed by atoms with Crippen molar-refractivity contribution >= 4 is 33.3 Å². The van der Waals surface area contributed by atoms with Gasteiger partial charge in [-0.1, -0.05) is 28.1 Å². The molecule has 0 bridgehead atoms. The monoisotopic (exact) mass is 260 g/mol. The first-order valence-electron chi connectivity index (χ1n) is 3.92. The summed E-state index contributed by atoms with van der Waals surface area (Å²) in [5.41, 5.74) is 2.79. The molecule has 0 N–H and O–H groups in total. The summed E-state index contributed by atoms with van der Waals surface area (Å²) in [6.45, 7) is 3.91. The zero-order valence-corrected chi connectivity index (χ0v) is 9.87. The number of carbonyl (C=O) groups excluding carboxylic acids is 1. The highest BCUT2D eigenvalue weighted by molar-refractivity contribution is 9.10. The third kappa shape index (κ3) is 2.12. The second-order valence-electron chi connectivity index (χ2n) is 2.93. The fourth-order valence-electron chi connectivity index (χ4n) is 1.19. The van der Waals surface area contributed by atoms with Gasteiger partial charge in [0.05, 0.1) is 5.88 Å². The molecule has 3 heteroatoms. The summed E-state index contributed by atoms with van der Waals surface area (Å²) < 4.78 is 0.989. The molecule has 1 aromatic rings. The standard InChI is InChI=1S/C10H10BrClO/c1-6-3-4-8(9(13)5-12)7(2)10(6)11/h3-4H,5H2,1-2H3. The largest absolute Gasteiger partial charge is 0.293 e. The van der Waals surface area contributed by atoms with E-state index in [9.17, 15) is 4.79 Å². The van der Waals surface area contributed by atoms with Gasteiger partial charge in [-0.15, -0.1) is 11.6 Å². The van der Waals surface area contributed by atoms with Gasteiger partial charge in [-0.25, -0.2) is 0 Å². The average molecular weight is 262 g/mol. The predicted octanol–water partition coefficient (Wildman–Crippen LogP) is 3.49. The Morgan fingerprint density at radius 1 is 1.46 bits per heavy atom. The van der Waals surface area contributed by atoms with E-state index >= 15 is 0 Å². The highest BCUT2D eigenvalue weighted by Gasteiger charge is 2.10. The van der Waals surface area contributed by atoms with Crippen LogP contribution in [0.1, 0.15) is 21.5 Å². The van der Waals surface area contributed by atoms with E-state index in [4.69, 9.17) is 11.6 Å². The molecule has 0 radical (unpaired) electrons. The van der Waals surface area contributed by atoms with Crippen molar-refractivity contribution in [1.29, 1.82) is 0 Å². The van der Waals surface area contributed by atoms with E-state index in [1.807, 2.05) is 26.0 Å². The van der Waals surface area contributed by atoms with Crippen LogP contribution in [0.5, 0.6) is 0 Å². The van der Waals surface area contributed by atoms with Crippen LogP contribution in [0.4, 0.5) is 0 Å². The lowest BCUT2D eigenvalue weighted by molar-refractivity contribution is 0.102. The Morgan fingerprint density at radius 2 is 2.08 bits per heavy atom. The topological polar surface area (TPSA) is 17.1 Å². The van der Waals surface area contributed by atoms with Crippen LogP contribution in [0, 0.1) is 13.8 Å². The molecule has 0 aliphatic heterocycles. The minimum absolute atomic E-state index is 0.0279. The van der Waals surface area contributed by atoms with E-state index in [1.165, 1.54) is 0 Å². The predicted molar refractivity (Wildman–Crippen MR) is 58.7 cm³/mol. The van der Waals surface area contributed by atoms with Gasteiger partial charge in [0.25, 0.3) is 0 Å². The Labute approximate surface area is 91.2 Å². The fraction of sp³-hybridized carbons (Fsp3) is 0.300. The molecule has 1 rings (SSSR count). The Morgan fingerprint density at radius 3 is 2.62 bits per heavy atom. The van der Waals surface area contributed by atoms with Gasteiger partial charge in [-0.2, -0.15) is 0 Å². The molecular weight excluding hydrogens is 251 g/mol. The number of alkyl halides is 1. The van der Waals surface area contributed by atoms with Crippen molar-refractivity contribution in [2.24, 2.45) is 0 Å². The normalized spacial score (nSPS) is 10.2. The highest BCUT2D eigenvalue weighted by atomic mass is 79.9. The summed E-state index contributed by atoms with van der Waals surface area (Å²) in [6.07, 6.45) is 0. The lowest BCUT2D eigenvalue weighted by Crippen LogP contribution is -2.03. The molecule has 1 aromatic carbocycles. The third-order valence-corrected chi connectivity index (χ3v) is 3.46. The number of aryl methyl sites for hydroxylation is 1. The lowest BCUT2D eigenvalue weighted by Gasteiger charge is -2.07. The van der Waals surface area contributed by atoms with Crippen LogP contribution >= 0.6 is 27.5 Å². The van der Waals surface area contributed by atoms with Crippen LogP contribution in [0.3, 0.4) is 0 Å². The summed E-state index contributed by atoms with van der Waals surface area (Å²) in [7, 11) is 0. The molecule has 0 unspecified atom stereocenters. The molecule has 13 heavy (non-hydrogen) atoms. The van der Waals surface area contributed by atoms with Gasteiger partial charge < -0.3 is 0 Å². The van der Waals surface area contributed by atoms with Gasteiger partial charge in [0, 0.05) is 10.0 Å². The van der Waals surface area contributed by atoms with E-state index in [0.717, 1.165) is 15.6 Å². The number of halogens is 2. The van der Waals surface area contributed by atoms with Crippen molar-refractivity contribution in [2.75, 3.05) is 5.88 Å². The number of hydrogen-bond donors (Lipinski definition) is 0. The average Bonchev–Trinajstić information content (AvgIpc) is 2.13. The quantitative estimate of drug-likeness (QED) is 0.588. The minimum atomic E-state index is -0.0279. The molecule has 0 aliphatic rings. The van der Waals surface area contributed by atoms with E-state index < -0.39 is 0 Å². The Balaban J connectivity index is 3.26. The highest BCUT2D eigenvalue weighted by Crippen LogP contribution is 2.24. The number of ketones is 1. The van der Waals surface area contributed by atoms with E-state index in [0.29, 0.717) is 5.56 Å². The number of benzene rings is 1. The van der Waals surface area contributed by atoms with Crippen molar-refractivity contribution in [3.63, 3.8) is 0 Å². The smallest absolute Gasteiger partial charge is 0.177 e. The van der Waals surface area contributed by atoms with Gasteiger partial charge in [-0.3, -0.25) is 4.79 Å². The molecule has 1 nitrogen and oxygen atoms in total. The van der Waals surface area contributed by atoms with Crippen LogP contribution in [0.2, 0.25) is 0 Å². The molecule has 70 valence electrons. The fourth-order valence-corrected chi connectivity index (χ4v) is 1.68. The first kappa shape index (κ1) is 10.7. The molecule has 0 aliphatic carbocycles. The third-order valence-electron chi connectivity index (χ3n) is 2.00. The second kappa shape index (κ2) is 4.25. The van der Waals surface area contributed by atoms with Crippen molar-refractivity contribution in [1.82, 2.24) is 0 Å². The van der Waals surface area contributed by atoms with Gasteiger partial charge in [0.15, 0.2) is 5.78 Å². The summed E-state index contributed by atoms with van der Waals surface area (Å²) in [4.78, 5) is 11.3. The summed E-state index contributed by atoms with van der Waals surface area (Å²) in [5.74, 6) is 0.0101. The van der Waals surface area contributed by atoms with Crippen LogP contribution < -0.4 is 0 Å². The second-order valence-corrected chi connectivity index (χ2v) is 3.99. The number of hydrogen-bond acceptors (Lipinski definition) is 1. The molecule has 0 heterocycles. The maximum absolute atomic E-state index is 11.3. The molecular formula is C10H10BrClO. The van der Waals surface area contributed by atoms with Crippen molar-refractivity contribution < 1.29 is 4.79 Å². The molecule has 0 spiro atoms. The Hall–Kier alpha value is -0.340. The van der Waals surface area contributed by atoms with E-state index in [2.05, 4.69) is 15.9 Å². The summed E-state index contributed by atoms with van der Waals surface area (Å²) >= 11 is 8.92. The first-order chi connectivity index (χ1) is 6.07. The van der Waals surface area contributed by atoms with Crippen LogP contribution in [-0.4, -0.2) is 11.7 Å². The van der Waals surface area contributed by atoms with Crippen LogP contribution in [-0.2, 0) is 0 Å². The van der Waals surface area contributed by atoms with E-state index in [1.54, 1.807) is 0 Å². The van der Waals surface area contributed by atoms with Gasteiger partial charge in [0.2, 0.25) is 0 Å². The van der Waals surface area contributed by atoms with Crippen molar-refractivity contribution in [3.8, 4) is 0 Å². The Bertz CT molecular complexity index is 347. The van der Waals surface area contributed by atoms with Crippen molar-refractivity contribution in [2.45, 2.75) is 13.8 Å². The van der Waals surface area contributed by atoms with Gasteiger partial charge in [-0.05, 0) is 25.0 Å².